The first kappa shape index (κ1) is 18.9. The molecular formula is C14H21ClN2O4S. The predicted molar refractivity (Wildman–Crippen MR) is 85.3 cm³/mol. The molecule has 0 aromatic carbocycles. The van der Waals surface area contributed by atoms with Gasteiger partial charge >= 0.3 is 5.97 Å². The van der Waals surface area contributed by atoms with Gasteiger partial charge in [0.1, 0.15) is 10.4 Å². The Bertz CT molecular complexity index is 493. The summed E-state index contributed by atoms with van der Waals surface area (Å²) in [7, 11) is 1.31. The summed E-state index contributed by atoms with van der Waals surface area (Å²) < 4.78 is 9.90. The molecule has 0 N–H and O–H groups in total. The first-order chi connectivity index (χ1) is 10.5. The Labute approximate surface area is 139 Å². The molecule has 0 aliphatic rings. The Kier molecular flexibility index (Phi) is 8.37. The number of carbonyl (C=O) groups excluding carboxylic acids is 2. The van der Waals surface area contributed by atoms with Gasteiger partial charge in [-0.3, -0.25) is 4.79 Å². The zero-order valence-electron chi connectivity index (χ0n) is 13.0. The van der Waals surface area contributed by atoms with Crippen LogP contribution in [0, 0.1) is 0 Å². The Morgan fingerprint density at radius 3 is 2.82 bits per heavy atom. The number of esters is 1. The van der Waals surface area contributed by atoms with Gasteiger partial charge in [0.15, 0.2) is 5.69 Å². The van der Waals surface area contributed by atoms with Gasteiger partial charge in [-0.1, -0.05) is 0 Å². The topological polar surface area (TPSA) is 68.7 Å². The van der Waals surface area contributed by atoms with Crippen molar-refractivity contribution < 1.29 is 19.1 Å². The molecule has 1 heterocycles. The molecule has 0 spiro atoms. The number of aromatic nitrogens is 1. The van der Waals surface area contributed by atoms with Gasteiger partial charge in [-0.25, -0.2) is 9.78 Å². The lowest BCUT2D eigenvalue weighted by Gasteiger charge is -2.22. The minimum Gasteiger partial charge on any atom is -0.464 e. The Hall–Kier alpha value is -1.18. The van der Waals surface area contributed by atoms with Crippen LogP contribution in [0.15, 0.2) is 5.38 Å². The average molecular weight is 349 g/mol. The van der Waals surface area contributed by atoms with Gasteiger partial charge in [0.05, 0.1) is 13.7 Å². The summed E-state index contributed by atoms with van der Waals surface area (Å²) in [5.41, 5.74) is 0.253. The maximum absolute atomic E-state index is 12.1. The third-order valence-electron chi connectivity index (χ3n) is 2.85. The number of carbonyl (C=O) groups is 2. The number of alkyl halides is 1. The number of halogens is 1. The molecule has 1 aromatic heterocycles. The third-order valence-corrected chi connectivity index (χ3v) is 3.87. The summed E-state index contributed by atoms with van der Waals surface area (Å²) >= 11 is 7.21. The lowest BCUT2D eigenvalue weighted by atomic mass is 10.3. The van der Waals surface area contributed by atoms with Gasteiger partial charge in [-0.15, -0.1) is 22.9 Å². The highest BCUT2D eigenvalue weighted by Gasteiger charge is 2.20. The molecule has 1 atom stereocenters. The second kappa shape index (κ2) is 9.76. The molecule has 8 heteroatoms. The van der Waals surface area contributed by atoms with E-state index in [4.69, 9.17) is 16.3 Å². The van der Waals surface area contributed by atoms with Crippen molar-refractivity contribution in [3.63, 3.8) is 0 Å². The minimum absolute atomic E-state index is 0.159. The molecule has 0 bridgehead atoms. The minimum atomic E-state index is -0.605. The second-order valence-corrected chi connectivity index (χ2v) is 6.14. The van der Waals surface area contributed by atoms with E-state index in [0.717, 1.165) is 6.42 Å². The molecule has 0 fully saturated rings. The smallest absolute Gasteiger partial charge is 0.357 e. The van der Waals surface area contributed by atoms with E-state index >= 15 is 0 Å². The van der Waals surface area contributed by atoms with Gasteiger partial charge in [0.25, 0.3) is 0 Å². The maximum atomic E-state index is 12.1. The summed E-state index contributed by atoms with van der Waals surface area (Å²) in [4.78, 5) is 29.4. The molecule has 6 nitrogen and oxygen atoms in total. The number of hydrogen-bond acceptors (Lipinski definition) is 6. The lowest BCUT2D eigenvalue weighted by Crippen LogP contribution is -2.36. The molecule has 0 saturated carbocycles. The molecule has 1 aromatic rings. The number of rotatable bonds is 9. The third kappa shape index (κ3) is 5.90. The van der Waals surface area contributed by atoms with E-state index in [2.05, 4.69) is 9.72 Å². The van der Waals surface area contributed by atoms with E-state index in [9.17, 15) is 9.59 Å². The SMILES string of the molecule is CCOCCCN(Cc1nc(C(=O)OC)cs1)C(=O)[C@H](C)Cl. The Morgan fingerprint density at radius 2 is 2.23 bits per heavy atom. The average Bonchev–Trinajstić information content (AvgIpc) is 2.97. The molecule has 0 aliphatic carbocycles. The molecule has 0 radical (unpaired) electrons. The van der Waals surface area contributed by atoms with Crippen LogP contribution in [0.1, 0.15) is 35.8 Å². The van der Waals surface area contributed by atoms with Gasteiger partial charge < -0.3 is 14.4 Å². The van der Waals surface area contributed by atoms with E-state index in [0.29, 0.717) is 31.3 Å². The van der Waals surface area contributed by atoms with Crippen LogP contribution < -0.4 is 0 Å². The summed E-state index contributed by atoms with van der Waals surface area (Å²) in [6, 6.07) is 0. The van der Waals surface area contributed by atoms with E-state index in [-0.39, 0.29) is 11.6 Å². The highest BCUT2D eigenvalue weighted by Crippen LogP contribution is 2.15. The van der Waals surface area contributed by atoms with E-state index in [1.54, 1.807) is 17.2 Å². The first-order valence-corrected chi connectivity index (χ1v) is 8.34. The molecule has 1 rings (SSSR count). The van der Waals surface area contributed by atoms with Crippen LogP contribution in [0.4, 0.5) is 0 Å². The van der Waals surface area contributed by atoms with Crippen LogP contribution in [0.3, 0.4) is 0 Å². The van der Waals surface area contributed by atoms with Crippen molar-refractivity contribution in [2.75, 3.05) is 26.9 Å². The molecule has 22 heavy (non-hydrogen) atoms. The second-order valence-electron chi connectivity index (χ2n) is 4.54. The van der Waals surface area contributed by atoms with Crippen LogP contribution in [0.2, 0.25) is 0 Å². The fraction of sp³-hybridized carbons (Fsp3) is 0.643. The van der Waals surface area contributed by atoms with Crippen LogP contribution >= 0.6 is 22.9 Å². The van der Waals surface area contributed by atoms with Gasteiger partial charge in [-0.05, 0) is 20.3 Å². The molecular weight excluding hydrogens is 328 g/mol. The van der Waals surface area contributed by atoms with Crippen molar-refractivity contribution in [1.29, 1.82) is 0 Å². The van der Waals surface area contributed by atoms with Gasteiger partial charge in [0.2, 0.25) is 5.91 Å². The molecule has 0 unspecified atom stereocenters. The first-order valence-electron chi connectivity index (χ1n) is 7.02. The highest BCUT2D eigenvalue weighted by atomic mass is 35.5. The van der Waals surface area contributed by atoms with Crippen molar-refractivity contribution in [2.45, 2.75) is 32.2 Å². The number of thiazole rings is 1. The fourth-order valence-electron chi connectivity index (χ4n) is 1.77. The molecule has 1 amide bonds. The molecule has 0 saturated heterocycles. The highest BCUT2D eigenvalue weighted by molar-refractivity contribution is 7.09. The summed E-state index contributed by atoms with van der Waals surface area (Å²) in [6.45, 7) is 5.65. The van der Waals surface area contributed by atoms with E-state index in [1.165, 1.54) is 18.4 Å². The molecule has 124 valence electrons. The Balaban J connectivity index is 2.68. The van der Waals surface area contributed by atoms with E-state index < -0.39 is 11.3 Å². The van der Waals surface area contributed by atoms with Crippen molar-refractivity contribution >= 4 is 34.8 Å². The monoisotopic (exact) mass is 348 g/mol. The fourth-order valence-corrected chi connectivity index (χ4v) is 2.68. The van der Waals surface area contributed by atoms with Crippen molar-refractivity contribution in [1.82, 2.24) is 9.88 Å². The number of hydrogen-bond donors (Lipinski definition) is 0. The van der Waals surface area contributed by atoms with Crippen LogP contribution in [0.25, 0.3) is 0 Å². The number of methoxy groups -OCH3 is 1. The number of ether oxygens (including phenoxy) is 2. The van der Waals surface area contributed by atoms with Crippen LogP contribution in [-0.4, -0.2) is 54.0 Å². The van der Waals surface area contributed by atoms with Crippen molar-refractivity contribution in [2.24, 2.45) is 0 Å². The largest absolute Gasteiger partial charge is 0.464 e. The molecule has 0 aliphatic heterocycles. The quantitative estimate of drug-likeness (QED) is 0.389. The zero-order chi connectivity index (χ0) is 16.5. The number of nitrogens with zero attached hydrogens (tertiary/aromatic N) is 2. The maximum Gasteiger partial charge on any atom is 0.357 e. The normalized spacial score (nSPS) is 12.0. The zero-order valence-corrected chi connectivity index (χ0v) is 14.6. The standard InChI is InChI=1S/C14H21ClN2O4S/c1-4-21-7-5-6-17(13(18)10(2)15)8-12-16-11(9-22-12)14(19)20-3/h9-10H,4-8H2,1-3H3/t10-/m0/s1. The summed E-state index contributed by atoms with van der Waals surface area (Å²) in [6.07, 6.45) is 0.721. The lowest BCUT2D eigenvalue weighted by molar-refractivity contribution is -0.131. The summed E-state index contributed by atoms with van der Waals surface area (Å²) in [5.74, 6) is -0.643. The van der Waals surface area contributed by atoms with Crippen LogP contribution in [-0.2, 0) is 20.8 Å². The van der Waals surface area contributed by atoms with Crippen LogP contribution in [0.5, 0.6) is 0 Å². The number of amides is 1. The van der Waals surface area contributed by atoms with Gasteiger partial charge in [-0.2, -0.15) is 0 Å². The van der Waals surface area contributed by atoms with Crippen molar-refractivity contribution in [3.8, 4) is 0 Å². The Morgan fingerprint density at radius 1 is 1.50 bits per heavy atom. The van der Waals surface area contributed by atoms with Crippen molar-refractivity contribution in [3.05, 3.63) is 16.1 Å². The predicted octanol–water partition coefficient (Wildman–Crippen LogP) is 2.31. The summed E-state index contributed by atoms with van der Waals surface area (Å²) in [5, 5.41) is 1.68. The van der Waals surface area contributed by atoms with E-state index in [1.807, 2.05) is 6.92 Å². The van der Waals surface area contributed by atoms with Gasteiger partial charge in [0, 0.05) is 25.1 Å².